The molecular formula is C39H65N15O16. The highest BCUT2D eigenvalue weighted by molar-refractivity contribution is 5.98. The lowest BCUT2D eigenvalue weighted by Gasteiger charge is -2.30. The Kier molecular flexibility index (Phi) is 26.4. The summed E-state index contributed by atoms with van der Waals surface area (Å²) in [6, 6.07) is -9.74. The molecule has 0 radical (unpaired) electrons. The molecular weight excluding hydrogens is 935 g/mol. The Morgan fingerprint density at radius 1 is 0.629 bits per heavy atom. The molecule has 1 saturated heterocycles. The van der Waals surface area contributed by atoms with E-state index in [2.05, 4.69) is 52.8 Å². The maximum atomic E-state index is 13.5. The maximum Gasteiger partial charge on any atom is 0.326 e. The van der Waals surface area contributed by atoms with Gasteiger partial charge < -0.3 is 91.0 Å². The lowest BCUT2D eigenvalue weighted by Crippen LogP contribution is -2.58. The average molecular weight is 1000 g/mol. The van der Waals surface area contributed by atoms with Crippen molar-refractivity contribution in [1.82, 2.24) is 52.8 Å². The first kappa shape index (κ1) is 60.3. The molecule has 1 fully saturated rings. The normalized spacial score (nSPS) is 15.8. The number of carbonyl (C=O) groups is 13. The lowest BCUT2D eigenvalue weighted by atomic mass is 10.1. The number of primary amides is 1. The number of nitrogens with zero attached hydrogens (tertiary/aromatic N) is 2. The molecule has 0 aromatic carbocycles. The minimum absolute atomic E-state index is 0.0144. The van der Waals surface area contributed by atoms with Crippen molar-refractivity contribution in [2.75, 3.05) is 39.3 Å². The largest absolute Gasteiger partial charge is 0.481 e. The molecule has 1 aliphatic rings. The summed E-state index contributed by atoms with van der Waals surface area (Å²) in [7, 11) is 0. The van der Waals surface area contributed by atoms with Crippen molar-refractivity contribution < 1.29 is 77.6 Å². The van der Waals surface area contributed by atoms with Gasteiger partial charge in [0.2, 0.25) is 65.0 Å². The third-order valence-corrected chi connectivity index (χ3v) is 10.1. The SMILES string of the molecule is C[C@H](NC(=O)[C@H](CCCN=C(N)N)NC(=O)CNC(=O)[C@@H]1CCCN1C(=O)[C@@H](NC(=O)CN)[C@@H](C)O)C(=O)N[C@@H](CCC(=O)O)C(=O)N[C@@H](C)C(=O)NCC(=O)NCC(=O)N[C@@H](CCC(N)=O)C(=O)O. The van der Waals surface area contributed by atoms with E-state index in [1.807, 2.05) is 0 Å². The first-order valence-electron chi connectivity index (χ1n) is 21.9. The van der Waals surface area contributed by atoms with Crippen LogP contribution in [0.25, 0.3) is 0 Å². The number of aliphatic hydroxyl groups is 1. The van der Waals surface area contributed by atoms with Crippen LogP contribution in [0, 0.1) is 0 Å². The summed E-state index contributed by atoms with van der Waals surface area (Å²) in [6.07, 6.45) is -2.52. The van der Waals surface area contributed by atoms with E-state index in [1.54, 1.807) is 0 Å². The van der Waals surface area contributed by atoms with Gasteiger partial charge in [-0.2, -0.15) is 0 Å². The second-order valence-electron chi connectivity index (χ2n) is 15.9. The van der Waals surface area contributed by atoms with E-state index in [0.717, 1.165) is 4.90 Å². The number of aliphatic hydroxyl groups excluding tert-OH is 1. The summed E-state index contributed by atoms with van der Waals surface area (Å²) in [4.78, 5) is 167. The minimum atomic E-state index is -1.59. The van der Waals surface area contributed by atoms with Crippen LogP contribution in [0.3, 0.4) is 0 Å². The van der Waals surface area contributed by atoms with Crippen LogP contribution < -0.4 is 70.8 Å². The molecule has 0 saturated carbocycles. The Bertz CT molecular complexity index is 1960. The molecule has 392 valence electrons. The highest BCUT2D eigenvalue weighted by Gasteiger charge is 2.39. The number of guanidine groups is 1. The van der Waals surface area contributed by atoms with Gasteiger partial charge in [-0.15, -0.1) is 0 Å². The molecule has 1 aliphatic heterocycles. The number of aliphatic carboxylic acids is 2. The van der Waals surface area contributed by atoms with Crippen molar-refractivity contribution in [2.24, 2.45) is 27.9 Å². The predicted molar refractivity (Wildman–Crippen MR) is 240 cm³/mol. The number of nitrogens with one attached hydrogen (secondary N) is 9. The smallest absolute Gasteiger partial charge is 0.326 e. The molecule has 1 rings (SSSR count). The minimum Gasteiger partial charge on any atom is -0.481 e. The number of hydrogen-bond acceptors (Lipinski definition) is 16. The summed E-state index contributed by atoms with van der Waals surface area (Å²) in [6.45, 7) is 1.21. The predicted octanol–water partition coefficient (Wildman–Crippen LogP) is -9.12. The third-order valence-electron chi connectivity index (χ3n) is 10.1. The number of rotatable bonds is 31. The topological polar surface area (TPSA) is 511 Å². The summed E-state index contributed by atoms with van der Waals surface area (Å²) >= 11 is 0. The van der Waals surface area contributed by atoms with E-state index in [9.17, 15) is 77.6 Å². The fourth-order valence-electron chi connectivity index (χ4n) is 6.35. The number of carbonyl (C=O) groups excluding carboxylic acids is 11. The monoisotopic (exact) mass is 999 g/mol. The van der Waals surface area contributed by atoms with Crippen molar-refractivity contribution in [3.8, 4) is 0 Å². The standard InChI is InChI=1S/C39H65N15O16/c1-18(32(63)46-15-27(58)45-16-28(59)51-23(38(69)70)8-10-25(41)56)48-35(66)22(9-11-30(61)62)52-33(64)19(2)49-34(65)21(6-4-12-44-39(42)43)50-29(60)17-47-36(67)24-7-5-13-54(24)37(68)31(20(3)55)53-26(57)14-40/h18-24,31,55H,4-17,40H2,1-3H3,(H2,41,56)(H,45,58)(H,46,63)(H,47,67)(H,48,66)(H,49,65)(H,50,60)(H,51,59)(H,52,64)(H,53,57)(H,61,62)(H,69,70)(H4,42,43,44)/t18-,19-,20+,21-,22-,23-,24-,31-/m0/s1. The molecule has 0 aliphatic carbocycles. The van der Waals surface area contributed by atoms with E-state index in [-0.39, 0.29) is 51.2 Å². The van der Waals surface area contributed by atoms with Crippen LogP contribution in [-0.4, -0.2) is 191 Å². The van der Waals surface area contributed by atoms with Gasteiger partial charge in [-0.1, -0.05) is 0 Å². The van der Waals surface area contributed by atoms with Gasteiger partial charge in [-0.05, 0) is 59.3 Å². The zero-order valence-corrected chi connectivity index (χ0v) is 38.9. The first-order chi connectivity index (χ1) is 32.8. The quantitative estimate of drug-likeness (QED) is 0.0174. The number of likely N-dealkylation sites (tertiary alicyclic amines) is 1. The zero-order valence-electron chi connectivity index (χ0n) is 38.9. The summed E-state index contributed by atoms with van der Waals surface area (Å²) in [5.74, 6) is -12.7. The lowest BCUT2D eigenvalue weighted by molar-refractivity contribution is -0.143. The van der Waals surface area contributed by atoms with Gasteiger partial charge in [0.1, 0.15) is 42.3 Å². The molecule has 11 amide bonds. The van der Waals surface area contributed by atoms with Crippen molar-refractivity contribution in [3.63, 3.8) is 0 Å². The van der Waals surface area contributed by atoms with Crippen molar-refractivity contribution in [2.45, 2.75) is 121 Å². The van der Waals surface area contributed by atoms with Crippen LogP contribution in [0.2, 0.25) is 0 Å². The van der Waals surface area contributed by atoms with Crippen LogP contribution in [0.1, 0.15) is 72.1 Å². The molecule has 0 aromatic heterocycles. The summed E-state index contributed by atoms with van der Waals surface area (Å²) < 4.78 is 0. The van der Waals surface area contributed by atoms with Crippen LogP contribution in [0.15, 0.2) is 4.99 Å². The molecule has 70 heavy (non-hydrogen) atoms. The molecule has 0 unspecified atom stereocenters. The second-order valence-corrected chi connectivity index (χ2v) is 15.9. The molecule has 31 nitrogen and oxygen atoms in total. The molecule has 0 spiro atoms. The van der Waals surface area contributed by atoms with Crippen LogP contribution in [0.4, 0.5) is 0 Å². The number of carboxylic acids is 2. The van der Waals surface area contributed by atoms with Crippen molar-refractivity contribution in [1.29, 1.82) is 0 Å². The number of carboxylic acid groups (broad SMARTS) is 2. The Morgan fingerprint density at radius 3 is 1.71 bits per heavy atom. The number of aliphatic imine (C=N–C) groups is 1. The fraction of sp³-hybridized carbons (Fsp3) is 0.641. The van der Waals surface area contributed by atoms with Crippen LogP contribution >= 0.6 is 0 Å². The summed E-state index contributed by atoms with van der Waals surface area (Å²) in [5.41, 5.74) is 21.1. The maximum absolute atomic E-state index is 13.5. The zero-order chi connectivity index (χ0) is 53.2. The Balaban J connectivity index is 2.94. The van der Waals surface area contributed by atoms with E-state index in [1.165, 1.54) is 20.8 Å². The Hall–Kier alpha value is -7.70. The van der Waals surface area contributed by atoms with E-state index in [0.29, 0.717) is 6.42 Å². The summed E-state index contributed by atoms with van der Waals surface area (Å²) in [5, 5.41) is 49.1. The number of nitrogens with two attached hydrogens (primary N) is 4. The van der Waals surface area contributed by atoms with Crippen LogP contribution in [-0.2, 0) is 62.3 Å². The van der Waals surface area contributed by atoms with Gasteiger partial charge in [-0.3, -0.25) is 62.5 Å². The van der Waals surface area contributed by atoms with Crippen molar-refractivity contribution >= 4 is 82.9 Å². The third kappa shape index (κ3) is 22.9. The van der Waals surface area contributed by atoms with Gasteiger partial charge in [0.05, 0.1) is 32.3 Å². The molecule has 31 heteroatoms. The van der Waals surface area contributed by atoms with E-state index < -0.39 is 164 Å². The molecule has 20 N–H and O–H groups in total. The van der Waals surface area contributed by atoms with Crippen LogP contribution in [0.5, 0.6) is 0 Å². The van der Waals surface area contributed by atoms with Gasteiger partial charge in [0.15, 0.2) is 5.96 Å². The number of hydrogen-bond donors (Lipinski definition) is 16. The molecule has 8 atom stereocenters. The van der Waals surface area contributed by atoms with Gasteiger partial charge in [0.25, 0.3) is 0 Å². The Labute approximate surface area is 400 Å². The highest BCUT2D eigenvalue weighted by atomic mass is 16.4. The average Bonchev–Trinajstić information content (AvgIpc) is 3.79. The first-order valence-corrected chi connectivity index (χ1v) is 21.9. The Morgan fingerprint density at radius 2 is 1.17 bits per heavy atom. The second kappa shape index (κ2) is 30.6. The molecule has 1 heterocycles. The number of amides is 11. The highest BCUT2D eigenvalue weighted by Crippen LogP contribution is 2.19. The molecule has 0 aromatic rings. The van der Waals surface area contributed by atoms with Gasteiger partial charge >= 0.3 is 11.9 Å². The fourth-order valence-corrected chi connectivity index (χ4v) is 6.35. The van der Waals surface area contributed by atoms with Crippen molar-refractivity contribution in [3.05, 3.63) is 0 Å². The van der Waals surface area contributed by atoms with E-state index in [4.69, 9.17) is 22.9 Å². The van der Waals surface area contributed by atoms with Gasteiger partial charge in [-0.25, -0.2) is 4.79 Å². The van der Waals surface area contributed by atoms with Gasteiger partial charge in [0, 0.05) is 25.9 Å². The van der Waals surface area contributed by atoms with E-state index >= 15 is 0 Å². The molecule has 0 bridgehead atoms.